The summed E-state index contributed by atoms with van der Waals surface area (Å²) in [6, 6.07) is 14.1. The Kier molecular flexibility index (Phi) is 14.1. The minimum absolute atomic E-state index is 0.225. The smallest absolute Gasteiger partial charge is 0.339 e. The molecule has 5 heteroatoms. The van der Waals surface area contributed by atoms with Crippen LogP contribution >= 0.6 is 11.6 Å². The highest BCUT2D eigenvalue weighted by molar-refractivity contribution is 6.30. The monoisotopic (exact) mass is 486 g/mol. The molecule has 0 fully saturated rings. The average Bonchev–Trinajstić information content (AvgIpc) is 2.85. The topological polar surface area (TPSA) is 52.6 Å². The lowest BCUT2D eigenvalue weighted by molar-refractivity contribution is 0.0455. The summed E-state index contributed by atoms with van der Waals surface area (Å²) in [6.45, 7) is 2.84. The Hall–Kier alpha value is -2.33. The lowest BCUT2D eigenvalue weighted by Gasteiger charge is -2.10. The first-order chi connectivity index (χ1) is 16.6. The Balaban J connectivity index is 1.63. The molecular weight excluding hydrogens is 448 g/mol. The van der Waals surface area contributed by atoms with E-state index in [9.17, 15) is 9.59 Å². The van der Waals surface area contributed by atoms with E-state index >= 15 is 0 Å². The van der Waals surface area contributed by atoms with Gasteiger partial charge in [0.2, 0.25) is 0 Å². The third-order valence-electron chi connectivity index (χ3n) is 5.89. The Morgan fingerprint density at radius 2 is 1.12 bits per heavy atom. The summed E-state index contributed by atoms with van der Waals surface area (Å²) in [6.07, 6.45) is 14.2. The first kappa shape index (κ1) is 27.9. The Bertz CT molecular complexity index is 847. The molecule has 0 bridgehead atoms. The van der Waals surface area contributed by atoms with Crippen LogP contribution in [0.15, 0.2) is 48.5 Å². The number of carbonyl (C=O) groups excluding carboxylic acids is 2. The van der Waals surface area contributed by atoms with Crippen molar-refractivity contribution in [2.24, 2.45) is 0 Å². The molecule has 0 aliphatic rings. The third kappa shape index (κ3) is 11.2. The van der Waals surface area contributed by atoms with E-state index in [1.54, 1.807) is 36.4 Å². The van der Waals surface area contributed by atoms with E-state index in [2.05, 4.69) is 6.92 Å². The average molecular weight is 487 g/mol. The van der Waals surface area contributed by atoms with Gasteiger partial charge in [-0.2, -0.15) is 0 Å². The summed E-state index contributed by atoms with van der Waals surface area (Å²) in [7, 11) is 0. The van der Waals surface area contributed by atoms with Gasteiger partial charge >= 0.3 is 11.9 Å². The number of esters is 2. The van der Waals surface area contributed by atoms with Crippen LogP contribution in [0.5, 0.6) is 0 Å². The van der Waals surface area contributed by atoms with Crippen LogP contribution in [0.3, 0.4) is 0 Å². The molecule has 2 aromatic carbocycles. The molecule has 0 amide bonds. The molecule has 0 spiro atoms. The van der Waals surface area contributed by atoms with Crippen molar-refractivity contribution in [1.82, 2.24) is 0 Å². The fourth-order valence-corrected chi connectivity index (χ4v) is 3.96. The molecule has 0 atom stereocenters. The standard InChI is InChI=1S/C29H39ClO4/c1-2-3-4-5-6-7-8-9-10-11-14-22-33-28(31)26-15-12-13-16-27(26)29(32)34-23-21-24-17-19-25(30)20-18-24/h12-13,15-20H,2-11,14,21-23H2,1H3. The zero-order valence-electron chi connectivity index (χ0n) is 20.5. The second-order valence-electron chi connectivity index (χ2n) is 8.73. The minimum Gasteiger partial charge on any atom is -0.462 e. The van der Waals surface area contributed by atoms with E-state index in [4.69, 9.17) is 21.1 Å². The SMILES string of the molecule is CCCCCCCCCCCCCOC(=O)c1ccccc1C(=O)OCCc1ccc(Cl)cc1. The fraction of sp³-hybridized carbons (Fsp3) is 0.517. The van der Waals surface area contributed by atoms with Gasteiger partial charge < -0.3 is 9.47 Å². The number of ether oxygens (including phenoxy) is 2. The number of hydrogen-bond donors (Lipinski definition) is 0. The zero-order chi connectivity index (χ0) is 24.4. The van der Waals surface area contributed by atoms with Crippen molar-refractivity contribution < 1.29 is 19.1 Å². The third-order valence-corrected chi connectivity index (χ3v) is 6.14. The van der Waals surface area contributed by atoms with Gasteiger partial charge in [-0.25, -0.2) is 9.59 Å². The Morgan fingerprint density at radius 1 is 0.647 bits per heavy atom. The first-order valence-corrected chi connectivity index (χ1v) is 13.2. The molecule has 0 unspecified atom stereocenters. The van der Waals surface area contributed by atoms with Crippen molar-refractivity contribution in [2.45, 2.75) is 84.0 Å². The maximum absolute atomic E-state index is 12.5. The summed E-state index contributed by atoms with van der Waals surface area (Å²) in [4.78, 5) is 25.1. The highest BCUT2D eigenvalue weighted by Gasteiger charge is 2.18. The molecule has 0 radical (unpaired) electrons. The lowest BCUT2D eigenvalue weighted by atomic mass is 10.1. The van der Waals surface area contributed by atoms with Crippen LogP contribution < -0.4 is 0 Å². The predicted molar refractivity (Wildman–Crippen MR) is 139 cm³/mol. The van der Waals surface area contributed by atoms with Gasteiger partial charge in [-0.3, -0.25) is 0 Å². The number of halogens is 1. The highest BCUT2D eigenvalue weighted by Crippen LogP contribution is 2.15. The van der Waals surface area contributed by atoms with Crippen LogP contribution in [0.4, 0.5) is 0 Å². The quantitative estimate of drug-likeness (QED) is 0.167. The molecule has 0 aromatic heterocycles. The molecule has 0 saturated carbocycles. The lowest BCUT2D eigenvalue weighted by Crippen LogP contribution is -2.15. The maximum Gasteiger partial charge on any atom is 0.339 e. The first-order valence-electron chi connectivity index (χ1n) is 12.8. The van der Waals surface area contributed by atoms with Crippen molar-refractivity contribution in [3.05, 3.63) is 70.2 Å². The van der Waals surface area contributed by atoms with Gasteiger partial charge in [-0.15, -0.1) is 0 Å². The van der Waals surface area contributed by atoms with E-state index in [-0.39, 0.29) is 17.7 Å². The minimum atomic E-state index is -0.517. The summed E-state index contributed by atoms with van der Waals surface area (Å²) in [5, 5.41) is 0.668. The van der Waals surface area contributed by atoms with Gasteiger partial charge in [0.25, 0.3) is 0 Å². The van der Waals surface area contributed by atoms with E-state index < -0.39 is 11.9 Å². The van der Waals surface area contributed by atoms with Crippen LogP contribution in [0.1, 0.15) is 104 Å². The molecule has 186 valence electrons. The second kappa shape index (κ2) is 17.2. The molecule has 0 aliphatic carbocycles. The van der Waals surface area contributed by atoms with Crippen molar-refractivity contribution in [1.29, 1.82) is 0 Å². The Morgan fingerprint density at radius 3 is 1.65 bits per heavy atom. The molecule has 0 aliphatic heterocycles. The van der Waals surface area contributed by atoms with E-state index in [1.165, 1.54) is 57.8 Å². The van der Waals surface area contributed by atoms with Crippen LogP contribution in [0, 0.1) is 0 Å². The van der Waals surface area contributed by atoms with Crippen molar-refractivity contribution in [3.63, 3.8) is 0 Å². The van der Waals surface area contributed by atoms with Crippen LogP contribution in [-0.4, -0.2) is 25.2 Å². The van der Waals surface area contributed by atoms with Crippen molar-refractivity contribution >= 4 is 23.5 Å². The summed E-state index contributed by atoms with van der Waals surface area (Å²) < 4.78 is 10.8. The van der Waals surface area contributed by atoms with Gasteiger partial charge in [0.1, 0.15) is 0 Å². The van der Waals surface area contributed by atoms with Crippen molar-refractivity contribution in [2.75, 3.05) is 13.2 Å². The van der Waals surface area contributed by atoms with Crippen LogP contribution in [0.2, 0.25) is 5.02 Å². The highest BCUT2D eigenvalue weighted by atomic mass is 35.5. The molecular formula is C29H39ClO4. The molecule has 34 heavy (non-hydrogen) atoms. The van der Waals surface area contributed by atoms with E-state index in [0.29, 0.717) is 18.1 Å². The largest absolute Gasteiger partial charge is 0.462 e. The van der Waals surface area contributed by atoms with Crippen LogP contribution in [-0.2, 0) is 15.9 Å². The molecule has 0 saturated heterocycles. The summed E-state index contributed by atoms with van der Waals surface area (Å²) >= 11 is 5.89. The summed E-state index contributed by atoms with van der Waals surface area (Å²) in [5.41, 5.74) is 1.52. The number of hydrogen-bond acceptors (Lipinski definition) is 4. The van der Waals surface area contributed by atoms with Gasteiger partial charge in [0.05, 0.1) is 24.3 Å². The molecule has 2 aromatic rings. The number of benzene rings is 2. The van der Waals surface area contributed by atoms with E-state index in [1.807, 2.05) is 12.1 Å². The summed E-state index contributed by atoms with van der Waals surface area (Å²) in [5.74, 6) is -0.992. The molecule has 0 N–H and O–H groups in total. The molecule has 0 heterocycles. The van der Waals surface area contributed by atoms with Gasteiger partial charge in [-0.1, -0.05) is 107 Å². The van der Waals surface area contributed by atoms with Gasteiger partial charge in [0, 0.05) is 11.4 Å². The normalized spacial score (nSPS) is 10.8. The predicted octanol–water partition coefficient (Wildman–Crippen LogP) is 8.21. The molecule has 2 rings (SSSR count). The number of unbranched alkanes of at least 4 members (excludes halogenated alkanes) is 10. The van der Waals surface area contributed by atoms with E-state index in [0.717, 1.165) is 18.4 Å². The maximum atomic E-state index is 12.5. The van der Waals surface area contributed by atoms with Gasteiger partial charge in [0.15, 0.2) is 0 Å². The van der Waals surface area contributed by atoms with Crippen molar-refractivity contribution in [3.8, 4) is 0 Å². The fourth-order valence-electron chi connectivity index (χ4n) is 3.84. The van der Waals surface area contributed by atoms with Crippen LogP contribution in [0.25, 0.3) is 0 Å². The molecule has 4 nitrogen and oxygen atoms in total. The Labute approximate surface area is 210 Å². The van der Waals surface area contributed by atoms with Gasteiger partial charge in [-0.05, 0) is 36.2 Å². The number of rotatable bonds is 17. The zero-order valence-corrected chi connectivity index (χ0v) is 21.3. The number of carbonyl (C=O) groups is 2. The second-order valence-corrected chi connectivity index (χ2v) is 9.17.